The van der Waals surface area contributed by atoms with Crippen LogP contribution in [0.3, 0.4) is 0 Å². The molecule has 0 spiro atoms. The summed E-state index contributed by atoms with van der Waals surface area (Å²) in [7, 11) is 0. The van der Waals surface area contributed by atoms with E-state index < -0.39 is 0 Å². The summed E-state index contributed by atoms with van der Waals surface area (Å²) in [6.45, 7) is 9.59. The summed E-state index contributed by atoms with van der Waals surface area (Å²) >= 11 is 5.57. The first-order valence-corrected chi connectivity index (χ1v) is 7.68. The van der Waals surface area contributed by atoms with Crippen molar-refractivity contribution in [3.63, 3.8) is 0 Å². The lowest BCUT2D eigenvalue weighted by Crippen LogP contribution is -2.65. The van der Waals surface area contributed by atoms with E-state index in [-0.39, 0.29) is 11.8 Å². The Labute approximate surface area is 126 Å². The fourth-order valence-corrected chi connectivity index (χ4v) is 3.63. The van der Waals surface area contributed by atoms with Gasteiger partial charge in [0.1, 0.15) is 5.75 Å². The maximum Gasteiger partial charge on any atom is 0.184 e. The van der Waals surface area contributed by atoms with Crippen LogP contribution in [0.25, 0.3) is 0 Å². The SMILES string of the molecule is Cc1cccc2c1OC1(C)CC2NC(=S)N1CC(C)C. The molecule has 108 valence electrons. The Morgan fingerprint density at radius 1 is 1.50 bits per heavy atom. The maximum absolute atomic E-state index is 6.40. The van der Waals surface area contributed by atoms with E-state index in [0.717, 1.165) is 23.8 Å². The van der Waals surface area contributed by atoms with Crippen LogP contribution in [0.4, 0.5) is 0 Å². The number of aryl methyl sites for hydroxylation is 1. The van der Waals surface area contributed by atoms with Crippen molar-refractivity contribution in [2.75, 3.05) is 6.54 Å². The van der Waals surface area contributed by atoms with Crippen LogP contribution < -0.4 is 10.1 Å². The number of hydrogen-bond acceptors (Lipinski definition) is 2. The van der Waals surface area contributed by atoms with Crippen molar-refractivity contribution >= 4 is 17.3 Å². The van der Waals surface area contributed by atoms with Crippen molar-refractivity contribution in [2.24, 2.45) is 5.92 Å². The average Bonchev–Trinajstić information content (AvgIpc) is 2.36. The van der Waals surface area contributed by atoms with Crippen molar-refractivity contribution in [3.05, 3.63) is 29.3 Å². The molecule has 2 aliphatic heterocycles. The van der Waals surface area contributed by atoms with Crippen LogP contribution in [0.2, 0.25) is 0 Å². The Morgan fingerprint density at radius 2 is 2.25 bits per heavy atom. The third-order valence-electron chi connectivity index (χ3n) is 4.18. The lowest BCUT2D eigenvalue weighted by molar-refractivity contribution is -0.0725. The van der Waals surface area contributed by atoms with Gasteiger partial charge in [0.2, 0.25) is 0 Å². The van der Waals surface area contributed by atoms with Crippen LogP contribution in [0.5, 0.6) is 5.75 Å². The number of benzene rings is 1. The Morgan fingerprint density at radius 3 is 2.95 bits per heavy atom. The lowest BCUT2D eigenvalue weighted by Gasteiger charge is -2.53. The molecule has 2 aliphatic rings. The first-order chi connectivity index (χ1) is 9.40. The Hall–Kier alpha value is -1.29. The summed E-state index contributed by atoms with van der Waals surface area (Å²) in [6.07, 6.45) is 0.927. The molecule has 0 radical (unpaired) electrons. The zero-order valence-corrected chi connectivity index (χ0v) is 13.4. The van der Waals surface area contributed by atoms with Crippen LogP contribution in [-0.2, 0) is 0 Å². The highest BCUT2D eigenvalue weighted by molar-refractivity contribution is 7.80. The van der Waals surface area contributed by atoms with Gasteiger partial charge >= 0.3 is 0 Å². The molecule has 2 unspecified atom stereocenters. The first-order valence-electron chi connectivity index (χ1n) is 7.27. The third kappa shape index (κ3) is 2.06. The van der Waals surface area contributed by atoms with Crippen LogP contribution in [0.15, 0.2) is 18.2 Å². The molecular weight excluding hydrogens is 268 g/mol. The second kappa shape index (κ2) is 4.62. The molecule has 20 heavy (non-hydrogen) atoms. The molecule has 3 nitrogen and oxygen atoms in total. The minimum atomic E-state index is -0.337. The largest absolute Gasteiger partial charge is 0.467 e. The van der Waals surface area contributed by atoms with Crippen LogP contribution in [0.1, 0.15) is 44.4 Å². The van der Waals surface area contributed by atoms with Gasteiger partial charge in [-0.1, -0.05) is 32.0 Å². The van der Waals surface area contributed by atoms with Gasteiger partial charge in [-0.25, -0.2) is 0 Å². The van der Waals surface area contributed by atoms with Crippen molar-refractivity contribution in [2.45, 2.75) is 45.9 Å². The van der Waals surface area contributed by atoms with E-state index in [1.807, 2.05) is 0 Å². The van der Waals surface area contributed by atoms with Crippen molar-refractivity contribution < 1.29 is 4.74 Å². The standard InChI is InChI=1S/C16H22N2OS/c1-10(2)9-18-15(20)17-13-8-16(18,4)19-14-11(3)6-5-7-12(13)14/h5-7,10,13H,8-9H2,1-4H3,(H,17,20). The van der Waals surface area contributed by atoms with E-state index in [1.165, 1.54) is 11.1 Å². The normalized spacial score (nSPS) is 27.9. The van der Waals surface area contributed by atoms with Gasteiger partial charge in [0.15, 0.2) is 10.8 Å². The van der Waals surface area contributed by atoms with E-state index in [2.05, 4.69) is 56.1 Å². The summed E-state index contributed by atoms with van der Waals surface area (Å²) in [6, 6.07) is 6.60. The number of thiocarbonyl (C=S) groups is 1. The molecule has 2 heterocycles. The number of rotatable bonds is 2. The molecule has 0 amide bonds. The predicted octanol–water partition coefficient (Wildman–Crippen LogP) is 3.38. The Bertz CT molecular complexity index is 557. The molecule has 1 fully saturated rings. The second-order valence-corrected chi connectivity index (χ2v) is 6.87. The van der Waals surface area contributed by atoms with Gasteiger partial charge in [-0.3, -0.25) is 0 Å². The zero-order chi connectivity index (χ0) is 14.5. The minimum Gasteiger partial charge on any atom is -0.467 e. The van der Waals surface area contributed by atoms with Crippen LogP contribution >= 0.6 is 12.2 Å². The highest BCUT2D eigenvalue weighted by Gasteiger charge is 2.47. The number of nitrogens with one attached hydrogen (secondary N) is 1. The predicted molar refractivity (Wildman–Crippen MR) is 84.8 cm³/mol. The number of ether oxygens (including phenoxy) is 1. The van der Waals surface area contributed by atoms with Crippen LogP contribution in [-0.4, -0.2) is 22.3 Å². The highest BCUT2D eigenvalue weighted by atomic mass is 32.1. The zero-order valence-electron chi connectivity index (χ0n) is 12.6. The molecule has 1 aromatic carbocycles. The molecule has 0 saturated carbocycles. The van der Waals surface area contributed by atoms with E-state index >= 15 is 0 Å². The number of para-hydroxylation sites is 1. The van der Waals surface area contributed by atoms with E-state index in [0.29, 0.717) is 5.92 Å². The number of fused-ring (bicyclic) bond motifs is 4. The molecule has 2 atom stereocenters. The Kier molecular flexibility index (Phi) is 3.16. The van der Waals surface area contributed by atoms with Crippen LogP contribution in [0, 0.1) is 12.8 Å². The van der Waals surface area contributed by atoms with Gasteiger partial charge in [-0.05, 0) is 37.5 Å². The van der Waals surface area contributed by atoms with Crippen molar-refractivity contribution in [1.29, 1.82) is 0 Å². The fourth-order valence-electron chi connectivity index (χ4n) is 3.22. The van der Waals surface area contributed by atoms with E-state index in [1.54, 1.807) is 0 Å². The topological polar surface area (TPSA) is 24.5 Å². The van der Waals surface area contributed by atoms with Gasteiger partial charge in [0.05, 0.1) is 6.04 Å². The molecule has 1 aromatic rings. The van der Waals surface area contributed by atoms with E-state index in [4.69, 9.17) is 17.0 Å². The summed E-state index contributed by atoms with van der Waals surface area (Å²) in [5, 5.41) is 4.30. The average molecular weight is 290 g/mol. The quantitative estimate of drug-likeness (QED) is 0.844. The van der Waals surface area contributed by atoms with Gasteiger partial charge < -0.3 is 15.0 Å². The molecule has 1 N–H and O–H groups in total. The summed E-state index contributed by atoms with van der Waals surface area (Å²) in [5.74, 6) is 1.57. The van der Waals surface area contributed by atoms with Gasteiger partial charge in [0, 0.05) is 18.5 Å². The first kappa shape index (κ1) is 13.7. The summed E-state index contributed by atoms with van der Waals surface area (Å²) < 4.78 is 6.40. The fraction of sp³-hybridized carbons (Fsp3) is 0.562. The molecule has 3 rings (SSSR count). The number of nitrogens with zero attached hydrogens (tertiary/aromatic N) is 1. The van der Waals surface area contributed by atoms with E-state index in [9.17, 15) is 0 Å². The molecule has 4 heteroatoms. The van der Waals surface area contributed by atoms with Crippen molar-refractivity contribution in [3.8, 4) is 5.75 Å². The minimum absolute atomic E-state index is 0.263. The second-order valence-electron chi connectivity index (χ2n) is 6.48. The third-order valence-corrected chi connectivity index (χ3v) is 4.52. The maximum atomic E-state index is 6.40. The van der Waals surface area contributed by atoms with Crippen molar-refractivity contribution in [1.82, 2.24) is 10.2 Å². The highest BCUT2D eigenvalue weighted by Crippen LogP contribution is 2.45. The molecular formula is C16H22N2OS. The van der Waals surface area contributed by atoms with Gasteiger partial charge in [-0.2, -0.15) is 0 Å². The lowest BCUT2D eigenvalue weighted by atomic mass is 9.89. The summed E-state index contributed by atoms with van der Waals surface area (Å²) in [5.41, 5.74) is 2.09. The monoisotopic (exact) mass is 290 g/mol. The smallest absolute Gasteiger partial charge is 0.184 e. The summed E-state index contributed by atoms with van der Waals surface area (Å²) in [4.78, 5) is 2.21. The Balaban J connectivity index is 2.03. The van der Waals surface area contributed by atoms with Gasteiger partial charge in [-0.15, -0.1) is 0 Å². The molecule has 2 bridgehead atoms. The molecule has 0 aromatic heterocycles. The van der Waals surface area contributed by atoms with Gasteiger partial charge in [0.25, 0.3) is 0 Å². The molecule has 1 saturated heterocycles. The molecule has 0 aliphatic carbocycles. The number of hydrogen-bond donors (Lipinski definition) is 1.